The summed E-state index contributed by atoms with van der Waals surface area (Å²) in [6.07, 6.45) is 0.0528. The fourth-order valence-corrected chi connectivity index (χ4v) is 3.39. The van der Waals surface area contributed by atoms with E-state index in [-0.39, 0.29) is 31.3 Å². The maximum Gasteiger partial charge on any atom is 0.311 e. The smallest absolute Gasteiger partial charge is 0.311 e. The number of benzene rings is 2. The third kappa shape index (κ3) is 4.39. The van der Waals surface area contributed by atoms with E-state index in [2.05, 4.69) is 15.9 Å². The van der Waals surface area contributed by atoms with Crippen LogP contribution >= 0.6 is 27.5 Å². The van der Waals surface area contributed by atoms with Crippen molar-refractivity contribution in [1.82, 2.24) is 0 Å². The Morgan fingerprint density at radius 1 is 1.22 bits per heavy atom. The number of rotatable bonds is 5. The number of halogens is 2. The van der Waals surface area contributed by atoms with Crippen LogP contribution in [0.4, 0.5) is 5.69 Å². The molecular formula is C20H17BrClNO4. The SMILES string of the molecule is Cc1c(Cl)cccc1N1C[C@@H](C(=O)OCC(=O)c2ccc(Br)cc2)CC1=O. The van der Waals surface area contributed by atoms with E-state index in [0.717, 1.165) is 10.0 Å². The van der Waals surface area contributed by atoms with Crippen LogP contribution in [0.1, 0.15) is 22.3 Å². The van der Waals surface area contributed by atoms with Gasteiger partial charge in [0.2, 0.25) is 5.91 Å². The average Bonchev–Trinajstić information content (AvgIpc) is 3.04. The van der Waals surface area contributed by atoms with Crippen molar-refractivity contribution >= 4 is 50.9 Å². The van der Waals surface area contributed by atoms with E-state index < -0.39 is 11.9 Å². The standard InChI is InChI=1S/C20H17BrClNO4/c1-12-16(22)3-2-4-17(12)23-10-14(9-19(23)25)20(26)27-11-18(24)13-5-7-15(21)8-6-13/h2-8,14H,9-11H2,1H3/t14-/m0/s1. The third-order valence-electron chi connectivity index (χ3n) is 4.50. The van der Waals surface area contributed by atoms with E-state index in [4.69, 9.17) is 16.3 Å². The molecule has 1 aliphatic rings. The molecule has 1 aliphatic heterocycles. The fraction of sp³-hybridized carbons (Fsp3) is 0.250. The lowest BCUT2D eigenvalue weighted by atomic mass is 10.1. The highest BCUT2D eigenvalue weighted by Gasteiger charge is 2.37. The van der Waals surface area contributed by atoms with E-state index in [1.165, 1.54) is 0 Å². The number of ether oxygens (including phenoxy) is 1. The molecule has 1 atom stereocenters. The van der Waals surface area contributed by atoms with Crippen LogP contribution in [-0.2, 0) is 14.3 Å². The molecule has 1 heterocycles. The first-order valence-electron chi connectivity index (χ1n) is 8.37. The monoisotopic (exact) mass is 449 g/mol. The number of nitrogens with zero attached hydrogens (tertiary/aromatic N) is 1. The summed E-state index contributed by atoms with van der Waals surface area (Å²) in [6, 6.07) is 12.1. The summed E-state index contributed by atoms with van der Waals surface area (Å²) in [4.78, 5) is 38.3. The predicted octanol–water partition coefficient (Wildman–Crippen LogP) is 4.19. The second-order valence-corrected chi connectivity index (χ2v) is 7.65. The van der Waals surface area contributed by atoms with Crippen LogP contribution in [0, 0.1) is 12.8 Å². The van der Waals surface area contributed by atoms with Gasteiger partial charge in [-0.2, -0.15) is 0 Å². The summed E-state index contributed by atoms with van der Waals surface area (Å²) in [7, 11) is 0. The molecule has 0 saturated carbocycles. The van der Waals surface area contributed by atoms with E-state index in [1.54, 1.807) is 47.4 Å². The Hall–Kier alpha value is -2.18. The zero-order valence-corrected chi connectivity index (χ0v) is 16.9. The lowest BCUT2D eigenvalue weighted by Gasteiger charge is -2.19. The Morgan fingerprint density at radius 2 is 1.93 bits per heavy atom. The molecule has 0 aromatic heterocycles. The van der Waals surface area contributed by atoms with Gasteiger partial charge in [-0.1, -0.05) is 45.7 Å². The molecule has 27 heavy (non-hydrogen) atoms. The molecule has 7 heteroatoms. The Balaban J connectivity index is 1.61. The highest BCUT2D eigenvalue weighted by Crippen LogP contribution is 2.31. The van der Waals surface area contributed by atoms with Crippen molar-refractivity contribution in [2.24, 2.45) is 5.92 Å². The molecule has 0 aliphatic carbocycles. The summed E-state index contributed by atoms with van der Waals surface area (Å²) in [5.74, 6) is -1.60. The van der Waals surface area contributed by atoms with Crippen LogP contribution in [0.5, 0.6) is 0 Å². The predicted molar refractivity (Wildman–Crippen MR) is 106 cm³/mol. The average molecular weight is 451 g/mol. The van der Waals surface area contributed by atoms with Gasteiger partial charge in [-0.3, -0.25) is 14.4 Å². The van der Waals surface area contributed by atoms with Gasteiger partial charge in [0, 0.05) is 33.7 Å². The zero-order valence-electron chi connectivity index (χ0n) is 14.6. The molecule has 0 spiro atoms. The minimum atomic E-state index is -0.603. The summed E-state index contributed by atoms with van der Waals surface area (Å²) < 4.78 is 6.01. The van der Waals surface area contributed by atoms with Crippen molar-refractivity contribution < 1.29 is 19.1 Å². The molecule has 1 amide bonds. The maximum atomic E-state index is 12.3. The number of Topliss-reactive ketones (excluding diaryl/α,β-unsaturated/α-hetero) is 1. The highest BCUT2D eigenvalue weighted by molar-refractivity contribution is 9.10. The minimum Gasteiger partial charge on any atom is -0.457 e. The lowest BCUT2D eigenvalue weighted by Crippen LogP contribution is -2.27. The maximum absolute atomic E-state index is 12.3. The number of ketones is 1. The van der Waals surface area contributed by atoms with Crippen LogP contribution in [0.25, 0.3) is 0 Å². The van der Waals surface area contributed by atoms with Gasteiger partial charge in [0.15, 0.2) is 12.4 Å². The van der Waals surface area contributed by atoms with Gasteiger partial charge in [-0.15, -0.1) is 0 Å². The Labute approximate surface area is 170 Å². The van der Waals surface area contributed by atoms with Crippen molar-refractivity contribution in [3.05, 3.63) is 63.1 Å². The topological polar surface area (TPSA) is 63.7 Å². The Morgan fingerprint density at radius 3 is 2.63 bits per heavy atom. The molecule has 1 fully saturated rings. The molecule has 2 aromatic rings. The normalized spacial score (nSPS) is 16.5. The van der Waals surface area contributed by atoms with Gasteiger partial charge in [0.25, 0.3) is 0 Å². The van der Waals surface area contributed by atoms with Crippen LogP contribution < -0.4 is 4.90 Å². The molecule has 140 valence electrons. The molecule has 0 unspecified atom stereocenters. The number of carbonyl (C=O) groups excluding carboxylic acids is 3. The van der Waals surface area contributed by atoms with Gasteiger partial charge in [-0.25, -0.2) is 0 Å². The highest BCUT2D eigenvalue weighted by atomic mass is 79.9. The largest absolute Gasteiger partial charge is 0.457 e. The quantitative estimate of drug-likeness (QED) is 0.506. The van der Waals surface area contributed by atoms with Crippen molar-refractivity contribution in [3.8, 4) is 0 Å². The number of hydrogen-bond donors (Lipinski definition) is 0. The molecule has 5 nitrogen and oxygen atoms in total. The van der Waals surface area contributed by atoms with Gasteiger partial charge < -0.3 is 9.64 Å². The number of amides is 1. The molecule has 0 radical (unpaired) electrons. The van der Waals surface area contributed by atoms with Gasteiger partial charge in [-0.05, 0) is 36.8 Å². The second-order valence-electron chi connectivity index (χ2n) is 6.33. The van der Waals surface area contributed by atoms with E-state index in [9.17, 15) is 14.4 Å². The molecule has 3 rings (SSSR count). The van der Waals surface area contributed by atoms with Gasteiger partial charge >= 0.3 is 5.97 Å². The Kier molecular flexibility index (Phi) is 5.97. The first-order valence-corrected chi connectivity index (χ1v) is 9.55. The van der Waals surface area contributed by atoms with Crippen molar-refractivity contribution in [3.63, 3.8) is 0 Å². The number of esters is 1. The van der Waals surface area contributed by atoms with Crippen LogP contribution in [0.2, 0.25) is 5.02 Å². The third-order valence-corrected chi connectivity index (χ3v) is 5.44. The second kappa shape index (κ2) is 8.23. The van der Waals surface area contributed by atoms with Crippen molar-refractivity contribution in [2.75, 3.05) is 18.1 Å². The molecular weight excluding hydrogens is 434 g/mol. The van der Waals surface area contributed by atoms with E-state index in [1.807, 2.05) is 6.92 Å². The fourth-order valence-electron chi connectivity index (χ4n) is 2.96. The summed E-state index contributed by atoms with van der Waals surface area (Å²) in [6.45, 7) is 1.69. The van der Waals surface area contributed by atoms with Crippen molar-refractivity contribution in [2.45, 2.75) is 13.3 Å². The summed E-state index contributed by atoms with van der Waals surface area (Å²) in [5, 5.41) is 0.562. The summed E-state index contributed by atoms with van der Waals surface area (Å²) in [5.41, 5.74) is 1.94. The molecule has 1 saturated heterocycles. The van der Waals surface area contributed by atoms with Crippen LogP contribution in [-0.4, -0.2) is 30.8 Å². The first kappa shape index (κ1) is 19.6. The Bertz CT molecular complexity index is 897. The van der Waals surface area contributed by atoms with Gasteiger partial charge in [0.1, 0.15) is 0 Å². The number of hydrogen-bond acceptors (Lipinski definition) is 4. The minimum absolute atomic E-state index is 0.0528. The molecule has 0 bridgehead atoms. The molecule has 2 aromatic carbocycles. The van der Waals surface area contributed by atoms with Gasteiger partial charge in [0.05, 0.1) is 5.92 Å². The lowest BCUT2D eigenvalue weighted by molar-refractivity contribution is -0.147. The zero-order chi connectivity index (χ0) is 19.6. The number of anilines is 1. The van der Waals surface area contributed by atoms with Crippen LogP contribution in [0.3, 0.4) is 0 Å². The van der Waals surface area contributed by atoms with E-state index >= 15 is 0 Å². The molecule has 0 N–H and O–H groups in total. The van der Waals surface area contributed by atoms with E-state index in [0.29, 0.717) is 16.3 Å². The van der Waals surface area contributed by atoms with Crippen LogP contribution in [0.15, 0.2) is 46.9 Å². The van der Waals surface area contributed by atoms with Crippen molar-refractivity contribution in [1.29, 1.82) is 0 Å². The first-order chi connectivity index (χ1) is 12.9. The number of carbonyl (C=O) groups is 3. The summed E-state index contributed by atoms with van der Waals surface area (Å²) >= 11 is 9.42.